The Labute approximate surface area is 57.6 Å². The average molecular weight is 140 g/mol. The van der Waals surface area contributed by atoms with Crippen LogP contribution in [0.5, 0.6) is 0 Å². The molecule has 4 N–H and O–H groups in total. The molecule has 0 aliphatic rings. The summed E-state index contributed by atoms with van der Waals surface area (Å²) in [6.07, 6.45) is 3.08. The highest BCUT2D eigenvalue weighted by Crippen LogP contribution is 1.90. The molecule has 0 unspecified atom stereocenters. The molecule has 0 atom stereocenters. The fourth-order valence-corrected chi connectivity index (χ4v) is 0.569. The van der Waals surface area contributed by atoms with E-state index in [4.69, 9.17) is 10.5 Å². The molecule has 0 saturated heterocycles. The van der Waals surface area contributed by atoms with Crippen molar-refractivity contribution in [1.82, 2.24) is 15.5 Å². The van der Waals surface area contributed by atoms with Crippen molar-refractivity contribution < 1.29 is 5.11 Å². The summed E-state index contributed by atoms with van der Waals surface area (Å²) in [7, 11) is 0. The summed E-state index contributed by atoms with van der Waals surface area (Å²) in [6.45, 7) is -0.232. The Kier molecular flexibility index (Phi) is 2.01. The molecule has 0 aliphatic carbocycles. The fourth-order valence-electron chi connectivity index (χ4n) is 0.569. The minimum Gasteiger partial charge on any atom is -0.377 e. The van der Waals surface area contributed by atoms with Gasteiger partial charge in [0.15, 0.2) is 0 Å². The summed E-state index contributed by atoms with van der Waals surface area (Å²) in [4.78, 5) is 0. The Morgan fingerprint density at radius 2 is 2.70 bits per heavy atom. The molecule has 5 nitrogen and oxygen atoms in total. The highest BCUT2D eigenvalue weighted by molar-refractivity contribution is 5.95. The largest absolute Gasteiger partial charge is 0.377 e. The van der Waals surface area contributed by atoms with Crippen molar-refractivity contribution in [3.05, 3.63) is 18.0 Å². The van der Waals surface area contributed by atoms with E-state index in [0.29, 0.717) is 5.56 Å². The molecule has 1 aromatic heterocycles. The van der Waals surface area contributed by atoms with Gasteiger partial charge in [-0.1, -0.05) is 0 Å². The van der Waals surface area contributed by atoms with Gasteiger partial charge in [-0.2, -0.15) is 5.10 Å². The maximum absolute atomic E-state index is 8.35. The average Bonchev–Trinajstić information content (AvgIpc) is 2.38. The van der Waals surface area contributed by atoms with Crippen LogP contribution in [0.3, 0.4) is 0 Å². The fraction of sp³-hybridized carbons (Fsp3) is 0.200. The van der Waals surface area contributed by atoms with Gasteiger partial charge in [-0.25, -0.2) is 0 Å². The summed E-state index contributed by atoms with van der Waals surface area (Å²) in [5.74, 6) is 0.163. The number of hydrogen-bond donors (Lipinski definition) is 4. The third-order valence-electron chi connectivity index (χ3n) is 1.04. The monoisotopic (exact) mass is 140 g/mol. The lowest BCUT2D eigenvalue weighted by atomic mass is 10.3. The maximum Gasteiger partial charge on any atom is 0.130 e. The second-order valence-corrected chi connectivity index (χ2v) is 1.70. The molecule has 0 spiro atoms. The molecule has 0 aromatic carbocycles. The van der Waals surface area contributed by atoms with Gasteiger partial charge in [0.1, 0.15) is 12.6 Å². The standard InChI is InChI=1S/C5H8N4O/c6-5(7-3-10)4-1-8-9-2-4/h1-2,10H,3H2,(H2,6,7)(H,8,9). The van der Waals surface area contributed by atoms with Gasteiger partial charge in [0.25, 0.3) is 0 Å². The maximum atomic E-state index is 8.35. The molecular formula is C5H8N4O. The Morgan fingerprint density at radius 3 is 3.20 bits per heavy atom. The number of rotatable bonds is 2. The number of nitrogens with zero attached hydrogens (tertiary/aromatic N) is 1. The first kappa shape index (κ1) is 6.76. The summed E-state index contributed by atoms with van der Waals surface area (Å²) < 4.78 is 0. The Hall–Kier alpha value is -1.36. The van der Waals surface area contributed by atoms with Crippen LogP contribution >= 0.6 is 0 Å². The SMILES string of the molecule is N=C(NCO)c1cn[nH]c1. The van der Waals surface area contributed by atoms with Gasteiger partial charge in [-0.05, 0) is 0 Å². The second kappa shape index (κ2) is 2.98. The third-order valence-corrected chi connectivity index (χ3v) is 1.04. The number of aliphatic hydroxyl groups is 1. The van der Waals surface area contributed by atoms with E-state index in [2.05, 4.69) is 15.5 Å². The van der Waals surface area contributed by atoms with Crippen molar-refractivity contribution >= 4 is 5.84 Å². The Balaban J connectivity index is 2.59. The lowest BCUT2D eigenvalue weighted by Gasteiger charge is -1.98. The van der Waals surface area contributed by atoms with Crippen LogP contribution in [-0.4, -0.2) is 27.9 Å². The number of nitrogens with one attached hydrogen (secondary N) is 3. The smallest absolute Gasteiger partial charge is 0.130 e. The van der Waals surface area contributed by atoms with Gasteiger partial charge in [0.2, 0.25) is 0 Å². The number of H-pyrrole nitrogens is 1. The zero-order chi connectivity index (χ0) is 7.40. The van der Waals surface area contributed by atoms with Gasteiger partial charge in [-0.15, -0.1) is 0 Å². The quantitative estimate of drug-likeness (QED) is 0.248. The molecule has 10 heavy (non-hydrogen) atoms. The molecule has 1 aromatic rings. The van der Waals surface area contributed by atoms with Crippen LogP contribution in [0.1, 0.15) is 5.56 Å². The molecule has 0 aliphatic heterocycles. The molecule has 0 bridgehead atoms. The van der Waals surface area contributed by atoms with E-state index in [1.54, 1.807) is 6.20 Å². The van der Waals surface area contributed by atoms with Gasteiger partial charge in [-0.3, -0.25) is 10.5 Å². The Morgan fingerprint density at radius 1 is 1.90 bits per heavy atom. The second-order valence-electron chi connectivity index (χ2n) is 1.70. The minimum atomic E-state index is -0.232. The Bertz CT molecular complexity index is 205. The van der Waals surface area contributed by atoms with Crippen molar-refractivity contribution in [3.8, 4) is 0 Å². The van der Waals surface area contributed by atoms with Crippen LogP contribution in [0.15, 0.2) is 12.4 Å². The molecule has 5 heteroatoms. The molecular weight excluding hydrogens is 132 g/mol. The summed E-state index contributed by atoms with van der Waals surface area (Å²) in [5, 5.41) is 24.2. The van der Waals surface area contributed by atoms with Crippen molar-refractivity contribution in [2.75, 3.05) is 6.73 Å². The van der Waals surface area contributed by atoms with Crippen LogP contribution in [-0.2, 0) is 0 Å². The first-order chi connectivity index (χ1) is 4.84. The number of aromatic amines is 1. The van der Waals surface area contributed by atoms with E-state index in [-0.39, 0.29) is 12.6 Å². The highest BCUT2D eigenvalue weighted by atomic mass is 16.3. The van der Waals surface area contributed by atoms with E-state index >= 15 is 0 Å². The molecule has 0 amide bonds. The van der Waals surface area contributed by atoms with Crippen LogP contribution in [0.25, 0.3) is 0 Å². The normalized spacial score (nSPS) is 9.30. The zero-order valence-electron chi connectivity index (χ0n) is 5.26. The summed E-state index contributed by atoms with van der Waals surface area (Å²) in [5.41, 5.74) is 0.633. The van der Waals surface area contributed by atoms with E-state index in [1.807, 2.05) is 0 Å². The van der Waals surface area contributed by atoms with Crippen molar-refractivity contribution in [2.45, 2.75) is 0 Å². The van der Waals surface area contributed by atoms with E-state index in [1.165, 1.54) is 6.20 Å². The van der Waals surface area contributed by atoms with Crippen LogP contribution in [0, 0.1) is 5.41 Å². The van der Waals surface area contributed by atoms with Crippen LogP contribution < -0.4 is 5.32 Å². The molecule has 1 rings (SSSR count). The van der Waals surface area contributed by atoms with Gasteiger partial charge >= 0.3 is 0 Å². The van der Waals surface area contributed by atoms with Gasteiger partial charge in [0, 0.05) is 6.20 Å². The summed E-state index contributed by atoms with van der Waals surface area (Å²) in [6, 6.07) is 0. The lowest BCUT2D eigenvalue weighted by molar-refractivity contribution is 0.286. The molecule has 0 fully saturated rings. The lowest BCUT2D eigenvalue weighted by Crippen LogP contribution is -2.23. The third kappa shape index (κ3) is 1.32. The van der Waals surface area contributed by atoms with E-state index in [0.717, 1.165) is 0 Å². The van der Waals surface area contributed by atoms with Crippen LogP contribution in [0.4, 0.5) is 0 Å². The first-order valence-corrected chi connectivity index (χ1v) is 2.77. The number of amidine groups is 1. The van der Waals surface area contributed by atoms with E-state index in [9.17, 15) is 0 Å². The number of aliphatic hydroxyl groups excluding tert-OH is 1. The zero-order valence-corrected chi connectivity index (χ0v) is 5.26. The predicted octanol–water partition coefficient (Wildman–Crippen LogP) is -0.726. The molecule has 0 radical (unpaired) electrons. The minimum absolute atomic E-state index is 0.163. The molecule has 0 saturated carbocycles. The predicted molar refractivity (Wildman–Crippen MR) is 35.6 cm³/mol. The van der Waals surface area contributed by atoms with Crippen molar-refractivity contribution in [1.29, 1.82) is 5.41 Å². The van der Waals surface area contributed by atoms with Crippen LogP contribution in [0.2, 0.25) is 0 Å². The number of hydrogen-bond acceptors (Lipinski definition) is 3. The topological polar surface area (TPSA) is 84.8 Å². The molecule has 54 valence electrons. The van der Waals surface area contributed by atoms with E-state index < -0.39 is 0 Å². The molecule has 1 heterocycles. The summed E-state index contributed by atoms with van der Waals surface area (Å²) >= 11 is 0. The highest BCUT2D eigenvalue weighted by Gasteiger charge is 1.98. The number of aromatic nitrogens is 2. The van der Waals surface area contributed by atoms with Crippen molar-refractivity contribution in [3.63, 3.8) is 0 Å². The van der Waals surface area contributed by atoms with Gasteiger partial charge in [0.05, 0.1) is 11.8 Å². The first-order valence-electron chi connectivity index (χ1n) is 2.77. The van der Waals surface area contributed by atoms with Crippen molar-refractivity contribution in [2.24, 2.45) is 0 Å². The van der Waals surface area contributed by atoms with Gasteiger partial charge < -0.3 is 10.4 Å².